The summed E-state index contributed by atoms with van der Waals surface area (Å²) in [5.74, 6) is -0.339. The van der Waals surface area contributed by atoms with Crippen LogP contribution in [-0.4, -0.2) is 54.9 Å². The maximum absolute atomic E-state index is 13.6. The maximum atomic E-state index is 13.6. The smallest absolute Gasteiger partial charge is 0.289 e. The molecule has 0 atom stereocenters. The van der Waals surface area contributed by atoms with E-state index in [1.54, 1.807) is 25.7 Å². The molecule has 160 valence electrons. The Balaban J connectivity index is 1.56. The molecule has 0 aliphatic carbocycles. The number of aromatic nitrogens is 1. The van der Waals surface area contributed by atoms with Crippen molar-refractivity contribution in [2.24, 2.45) is 0 Å². The molecular formula is C20H22FN3O5S. The molecule has 8 nitrogen and oxygen atoms in total. The van der Waals surface area contributed by atoms with Crippen LogP contribution in [0.5, 0.6) is 0 Å². The predicted molar refractivity (Wildman–Crippen MR) is 106 cm³/mol. The van der Waals surface area contributed by atoms with Crippen molar-refractivity contribution in [1.82, 2.24) is 14.4 Å². The first-order valence-electron chi connectivity index (χ1n) is 9.61. The van der Waals surface area contributed by atoms with E-state index in [4.69, 9.17) is 8.94 Å². The molecule has 0 N–H and O–H groups in total. The van der Waals surface area contributed by atoms with E-state index in [0.717, 1.165) is 0 Å². The number of nitrogens with zero attached hydrogens (tertiary/aromatic N) is 3. The highest BCUT2D eigenvalue weighted by Crippen LogP contribution is 2.28. The molecule has 3 heterocycles. The lowest BCUT2D eigenvalue weighted by Crippen LogP contribution is -2.37. The second kappa shape index (κ2) is 7.51. The maximum Gasteiger partial charge on any atom is 0.289 e. The van der Waals surface area contributed by atoms with Gasteiger partial charge in [0, 0.05) is 37.1 Å². The Labute approximate surface area is 173 Å². The molecule has 1 amide bonds. The van der Waals surface area contributed by atoms with Crippen molar-refractivity contribution in [3.63, 3.8) is 0 Å². The quantitative estimate of drug-likeness (QED) is 0.627. The first-order valence-corrected chi connectivity index (χ1v) is 11.0. The number of carbonyl (C=O) groups is 1. The van der Waals surface area contributed by atoms with Gasteiger partial charge in [-0.25, -0.2) is 12.8 Å². The molecule has 30 heavy (non-hydrogen) atoms. The van der Waals surface area contributed by atoms with Crippen molar-refractivity contribution in [3.8, 4) is 0 Å². The van der Waals surface area contributed by atoms with Gasteiger partial charge in [0.2, 0.25) is 10.0 Å². The van der Waals surface area contributed by atoms with Crippen molar-refractivity contribution in [3.05, 3.63) is 46.8 Å². The van der Waals surface area contributed by atoms with Crippen molar-refractivity contribution >= 4 is 26.9 Å². The molecule has 10 heteroatoms. The molecule has 3 aromatic rings. The second-order valence-electron chi connectivity index (χ2n) is 7.40. The van der Waals surface area contributed by atoms with Gasteiger partial charge in [0.25, 0.3) is 5.91 Å². The molecule has 0 spiro atoms. The van der Waals surface area contributed by atoms with Crippen LogP contribution >= 0.6 is 0 Å². The Morgan fingerprint density at radius 2 is 1.90 bits per heavy atom. The highest BCUT2D eigenvalue weighted by Gasteiger charge is 2.33. The highest BCUT2D eigenvalue weighted by atomic mass is 32.2. The molecule has 4 rings (SSSR count). The largest absolute Gasteiger partial charge is 0.451 e. The molecule has 2 aromatic heterocycles. The van der Waals surface area contributed by atoms with Gasteiger partial charge in [-0.05, 0) is 45.4 Å². The normalized spacial score (nSPS) is 16.2. The summed E-state index contributed by atoms with van der Waals surface area (Å²) >= 11 is 0. The zero-order valence-corrected chi connectivity index (χ0v) is 17.8. The molecule has 0 bridgehead atoms. The van der Waals surface area contributed by atoms with Crippen LogP contribution in [0.1, 0.15) is 34.0 Å². The van der Waals surface area contributed by atoms with Crippen molar-refractivity contribution in [2.45, 2.75) is 32.1 Å². The fourth-order valence-corrected chi connectivity index (χ4v) is 5.61. The van der Waals surface area contributed by atoms with Gasteiger partial charge in [0.05, 0.1) is 0 Å². The Morgan fingerprint density at radius 3 is 2.60 bits per heavy atom. The van der Waals surface area contributed by atoms with Crippen LogP contribution in [0.15, 0.2) is 32.0 Å². The second-order valence-corrected chi connectivity index (χ2v) is 9.27. The number of aryl methyl sites for hydroxylation is 3. The third-order valence-corrected chi connectivity index (χ3v) is 7.54. The molecular weight excluding hydrogens is 413 g/mol. The van der Waals surface area contributed by atoms with Crippen LogP contribution in [0.3, 0.4) is 0 Å². The lowest BCUT2D eigenvalue weighted by molar-refractivity contribution is 0.0733. The van der Waals surface area contributed by atoms with Crippen LogP contribution in [0.25, 0.3) is 11.0 Å². The third kappa shape index (κ3) is 3.39. The average Bonchev–Trinajstić information content (AvgIpc) is 3.08. The zero-order chi connectivity index (χ0) is 21.6. The van der Waals surface area contributed by atoms with Crippen molar-refractivity contribution in [2.75, 3.05) is 26.2 Å². The van der Waals surface area contributed by atoms with Gasteiger partial charge in [-0.15, -0.1) is 0 Å². The first-order chi connectivity index (χ1) is 14.2. The van der Waals surface area contributed by atoms with Gasteiger partial charge in [0.15, 0.2) is 11.5 Å². The minimum atomic E-state index is -3.78. The average molecular weight is 435 g/mol. The summed E-state index contributed by atoms with van der Waals surface area (Å²) in [5, 5.41) is 4.29. The monoisotopic (exact) mass is 435 g/mol. The number of rotatable bonds is 3. The number of hydrogen-bond acceptors (Lipinski definition) is 6. The molecule has 1 fully saturated rings. The summed E-state index contributed by atoms with van der Waals surface area (Å²) in [6.45, 7) is 5.89. The van der Waals surface area contributed by atoms with Gasteiger partial charge in [-0.2, -0.15) is 4.31 Å². The lowest BCUT2D eigenvalue weighted by atomic mass is 10.1. The number of furan rings is 1. The molecule has 1 aromatic carbocycles. The number of halogens is 1. The van der Waals surface area contributed by atoms with Gasteiger partial charge in [-0.3, -0.25) is 4.79 Å². The summed E-state index contributed by atoms with van der Waals surface area (Å²) in [5.41, 5.74) is 1.32. The van der Waals surface area contributed by atoms with E-state index >= 15 is 0 Å². The molecule has 1 aliphatic heterocycles. The van der Waals surface area contributed by atoms with Crippen LogP contribution in [-0.2, 0) is 10.0 Å². The summed E-state index contributed by atoms with van der Waals surface area (Å²) in [6, 6.07) is 4.11. The summed E-state index contributed by atoms with van der Waals surface area (Å²) in [4.78, 5) is 14.7. The number of sulfonamides is 1. The molecule has 1 saturated heterocycles. The number of carbonyl (C=O) groups excluding carboxylic acids is 1. The standard InChI is InChI=1S/C20H22FN3O5S/c1-12-16-11-15(21)5-6-17(16)28-18(12)20(25)23-7-4-8-24(10-9-23)30(26,27)19-13(2)22-29-14(19)3/h5-6,11H,4,7-10H2,1-3H3. The Kier molecular flexibility index (Phi) is 5.15. The fraction of sp³-hybridized carbons (Fsp3) is 0.400. The van der Waals surface area contributed by atoms with Crippen LogP contribution < -0.4 is 0 Å². The molecule has 1 aliphatic rings. The molecule has 0 saturated carbocycles. The van der Waals surface area contributed by atoms with E-state index in [2.05, 4.69) is 5.16 Å². The van der Waals surface area contributed by atoms with Crippen LogP contribution in [0.4, 0.5) is 4.39 Å². The number of hydrogen-bond donors (Lipinski definition) is 0. The van der Waals surface area contributed by atoms with Crippen LogP contribution in [0.2, 0.25) is 0 Å². The van der Waals surface area contributed by atoms with Gasteiger partial charge >= 0.3 is 0 Å². The number of amides is 1. The molecule has 0 unspecified atom stereocenters. The lowest BCUT2D eigenvalue weighted by Gasteiger charge is -2.21. The van der Waals surface area contributed by atoms with Crippen molar-refractivity contribution in [1.29, 1.82) is 0 Å². The summed E-state index contributed by atoms with van der Waals surface area (Å²) in [7, 11) is -3.78. The first kappa shape index (κ1) is 20.5. The van der Waals surface area contributed by atoms with E-state index < -0.39 is 15.8 Å². The molecule has 0 radical (unpaired) electrons. The minimum Gasteiger partial charge on any atom is -0.451 e. The Bertz CT molecular complexity index is 1210. The third-order valence-electron chi connectivity index (χ3n) is 5.40. The predicted octanol–water partition coefficient (Wildman–Crippen LogP) is 3.02. The Hall–Kier alpha value is -2.72. The SMILES string of the molecule is Cc1noc(C)c1S(=O)(=O)N1CCCN(C(=O)c2oc3ccc(F)cc3c2C)CC1. The van der Waals surface area contributed by atoms with Crippen LogP contribution in [0, 0.1) is 26.6 Å². The van der Waals surface area contributed by atoms with Gasteiger partial charge in [0.1, 0.15) is 22.0 Å². The fourth-order valence-electron chi connectivity index (χ4n) is 3.85. The van der Waals surface area contributed by atoms with Gasteiger partial charge in [-0.1, -0.05) is 5.16 Å². The van der Waals surface area contributed by atoms with E-state index in [9.17, 15) is 17.6 Å². The Morgan fingerprint density at radius 1 is 1.13 bits per heavy atom. The van der Waals surface area contributed by atoms with E-state index in [0.29, 0.717) is 35.2 Å². The minimum absolute atomic E-state index is 0.0810. The number of benzene rings is 1. The number of fused-ring (bicyclic) bond motifs is 1. The summed E-state index contributed by atoms with van der Waals surface area (Å²) < 4.78 is 51.7. The van der Waals surface area contributed by atoms with Gasteiger partial charge < -0.3 is 13.8 Å². The topological polar surface area (TPSA) is 96.9 Å². The van der Waals surface area contributed by atoms with E-state index in [1.165, 1.54) is 22.5 Å². The van der Waals surface area contributed by atoms with E-state index in [-0.39, 0.29) is 42.0 Å². The van der Waals surface area contributed by atoms with E-state index in [1.807, 2.05) is 0 Å². The van der Waals surface area contributed by atoms with Crippen molar-refractivity contribution < 1.29 is 26.5 Å². The zero-order valence-electron chi connectivity index (χ0n) is 16.9. The highest BCUT2D eigenvalue weighted by molar-refractivity contribution is 7.89. The summed E-state index contributed by atoms with van der Waals surface area (Å²) in [6.07, 6.45) is 0.474.